The monoisotopic (exact) mass is 249 g/mol. The van der Waals surface area contributed by atoms with Crippen molar-refractivity contribution in [3.05, 3.63) is 12.2 Å². The highest BCUT2D eigenvalue weighted by Crippen LogP contribution is 2.48. The van der Waals surface area contributed by atoms with E-state index >= 15 is 0 Å². The third kappa shape index (κ3) is 2.50. The lowest BCUT2D eigenvalue weighted by Gasteiger charge is -2.36. The van der Waals surface area contributed by atoms with Crippen LogP contribution in [-0.4, -0.2) is 37.2 Å². The van der Waals surface area contributed by atoms with Gasteiger partial charge in [0, 0.05) is 25.0 Å². The molecule has 18 heavy (non-hydrogen) atoms. The second-order valence-electron chi connectivity index (χ2n) is 7.10. The van der Waals surface area contributed by atoms with E-state index in [1.54, 1.807) is 5.57 Å². The SMILES string of the molecule is C=C1C2CCC1CN(CC1(COC(C)C)CC1)C2. The Hall–Kier alpha value is -0.340. The molecule has 2 atom stereocenters. The molecular formula is C16H27NO. The Morgan fingerprint density at radius 3 is 2.39 bits per heavy atom. The second kappa shape index (κ2) is 4.64. The van der Waals surface area contributed by atoms with Gasteiger partial charge in [0.1, 0.15) is 0 Å². The number of fused-ring (bicyclic) bond motifs is 2. The Morgan fingerprint density at radius 2 is 1.89 bits per heavy atom. The number of rotatable bonds is 5. The lowest BCUT2D eigenvalue weighted by atomic mass is 9.92. The van der Waals surface area contributed by atoms with Gasteiger partial charge >= 0.3 is 0 Å². The van der Waals surface area contributed by atoms with Gasteiger partial charge in [0.05, 0.1) is 12.7 Å². The summed E-state index contributed by atoms with van der Waals surface area (Å²) in [6, 6.07) is 0. The van der Waals surface area contributed by atoms with Gasteiger partial charge < -0.3 is 9.64 Å². The number of nitrogens with zero attached hydrogens (tertiary/aromatic N) is 1. The molecule has 2 unspecified atom stereocenters. The number of likely N-dealkylation sites (tertiary alicyclic amines) is 1. The predicted octanol–water partition coefficient (Wildman–Crippen LogP) is 3.09. The molecule has 0 aromatic rings. The topological polar surface area (TPSA) is 12.5 Å². The van der Waals surface area contributed by atoms with Gasteiger partial charge in [-0.1, -0.05) is 12.2 Å². The molecule has 0 radical (unpaired) electrons. The summed E-state index contributed by atoms with van der Waals surface area (Å²) in [5, 5.41) is 0. The number of hydrogen-bond donors (Lipinski definition) is 0. The molecular weight excluding hydrogens is 222 g/mol. The van der Waals surface area contributed by atoms with Crippen LogP contribution in [0.4, 0.5) is 0 Å². The van der Waals surface area contributed by atoms with Crippen molar-refractivity contribution in [2.24, 2.45) is 17.3 Å². The standard InChI is InChI=1S/C16H27NO/c1-12(2)18-11-16(6-7-16)10-17-8-14-4-5-15(9-17)13(14)3/h12,14-15H,3-11H2,1-2H3. The molecule has 0 spiro atoms. The van der Waals surface area contributed by atoms with Crippen molar-refractivity contribution in [1.82, 2.24) is 4.90 Å². The molecule has 3 aliphatic rings. The van der Waals surface area contributed by atoms with Crippen LogP contribution in [0.15, 0.2) is 12.2 Å². The summed E-state index contributed by atoms with van der Waals surface area (Å²) in [7, 11) is 0. The van der Waals surface area contributed by atoms with Crippen LogP contribution in [0.25, 0.3) is 0 Å². The minimum atomic E-state index is 0.375. The maximum Gasteiger partial charge on any atom is 0.0538 e. The highest BCUT2D eigenvalue weighted by molar-refractivity contribution is 5.16. The van der Waals surface area contributed by atoms with Gasteiger partial charge in [-0.15, -0.1) is 0 Å². The fraction of sp³-hybridized carbons (Fsp3) is 0.875. The minimum Gasteiger partial charge on any atom is -0.378 e. The molecule has 1 saturated heterocycles. The smallest absolute Gasteiger partial charge is 0.0538 e. The summed E-state index contributed by atoms with van der Waals surface area (Å²) >= 11 is 0. The summed E-state index contributed by atoms with van der Waals surface area (Å²) in [6.45, 7) is 13.3. The molecule has 2 aliphatic carbocycles. The van der Waals surface area contributed by atoms with E-state index in [2.05, 4.69) is 25.3 Å². The van der Waals surface area contributed by atoms with Crippen LogP contribution in [0.2, 0.25) is 0 Å². The largest absolute Gasteiger partial charge is 0.378 e. The van der Waals surface area contributed by atoms with Gasteiger partial charge in [-0.2, -0.15) is 0 Å². The van der Waals surface area contributed by atoms with Crippen molar-refractivity contribution in [3.63, 3.8) is 0 Å². The van der Waals surface area contributed by atoms with Gasteiger partial charge in [-0.25, -0.2) is 0 Å². The summed E-state index contributed by atoms with van der Waals surface area (Å²) in [4.78, 5) is 2.70. The summed E-state index contributed by atoms with van der Waals surface area (Å²) < 4.78 is 5.86. The van der Waals surface area contributed by atoms with E-state index in [1.165, 1.54) is 45.3 Å². The normalized spacial score (nSPS) is 34.3. The van der Waals surface area contributed by atoms with Crippen molar-refractivity contribution >= 4 is 0 Å². The average Bonchev–Trinajstić information content (AvgIpc) is 3.05. The van der Waals surface area contributed by atoms with Crippen LogP contribution in [-0.2, 0) is 4.74 Å². The lowest BCUT2D eigenvalue weighted by molar-refractivity contribution is 0.0274. The fourth-order valence-electron chi connectivity index (χ4n) is 3.69. The van der Waals surface area contributed by atoms with Crippen LogP contribution in [0, 0.1) is 17.3 Å². The Bertz CT molecular complexity index is 316. The van der Waals surface area contributed by atoms with Crippen molar-refractivity contribution < 1.29 is 4.74 Å². The fourth-order valence-corrected chi connectivity index (χ4v) is 3.69. The van der Waals surface area contributed by atoms with Gasteiger partial charge in [-0.05, 0) is 51.4 Å². The molecule has 1 heterocycles. The molecule has 3 fully saturated rings. The molecule has 1 aliphatic heterocycles. The molecule has 0 amide bonds. The average molecular weight is 249 g/mol. The maximum absolute atomic E-state index is 5.86. The molecule has 2 bridgehead atoms. The third-order valence-corrected chi connectivity index (χ3v) is 5.11. The number of piperidine rings is 1. The first kappa shape index (κ1) is 12.7. The molecule has 3 rings (SSSR count). The van der Waals surface area contributed by atoms with E-state index in [0.717, 1.165) is 18.4 Å². The van der Waals surface area contributed by atoms with Crippen molar-refractivity contribution in [3.8, 4) is 0 Å². The van der Waals surface area contributed by atoms with Gasteiger partial charge in [0.2, 0.25) is 0 Å². The van der Waals surface area contributed by atoms with Gasteiger partial charge in [0.15, 0.2) is 0 Å². The van der Waals surface area contributed by atoms with Crippen LogP contribution in [0.1, 0.15) is 39.5 Å². The second-order valence-corrected chi connectivity index (χ2v) is 7.10. The zero-order valence-corrected chi connectivity index (χ0v) is 12.0. The van der Waals surface area contributed by atoms with E-state index in [0.29, 0.717) is 11.5 Å². The van der Waals surface area contributed by atoms with E-state index in [9.17, 15) is 0 Å². The van der Waals surface area contributed by atoms with Crippen LogP contribution >= 0.6 is 0 Å². The first-order valence-electron chi connectivity index (χ1n) is 7.61. The Morgan fingerprint density at radius 1 is 1.28 bits per heavy atom. The zero-order valence-electron chi connectivity index (χ0n) is 12.0. The molecule has 2 nitrogen and oxygen atoms in total. The number of ether oxygens (including phenoxy) is 1. The van der Waals surface area contributed by atoms with E-state index < -0.39 is 0 Å². The Kier molecular flexibility index (Phi) is 3.27. The summed E-state index contributed by atoms with van der Waals surface area (Å²) in [6.07, 6.45) is 5.88. The first-order valence-corrected chi connectivity index (χ1v) is 7.61. The number of hydrogen-bond acceptors (Lipinski definition) is 2. The Labute approximate surface area is 111 Å². The molecule has 0 aromatic heterocycles. The lowest BCUT2D eigenvalue weighted by Crippen LogP contribution is -2.42. The van der Waals surface area contributed by atoms with Gasteiger partial charge in [-0.3, -0.25) is 0 Å². The van der Waals surface area contributed by atoms with Crippen LogP contribution in [0.3, 0.4) is 0 Å². The maximum atomic E-state index is 5.86. The molecule has 0 aromatic carbocycles. The molecule has 0 N–H and O–H groups in total. The third-order valence-electron chi connectivity index (χ3n) is 5.11. The quantitative estimate of drug-likeness (QED) is 0.694. The molecule has 2 heteroatoms. The van der Waals surface area contributed by atoms with E-state index in [-0.39, 0.29) is 0 Å². The van der Waals surface area contributed by atoms with Crippen molar-refractivity contribution in [2.45, 2.75) is 45.6 Å². The van der Waals surface area contributed by atoms with Crippen molar-refractivity contribution in [2.75, 3.05) is 26.2 Å². The molecule has 2 saturated carbocycles. The van der Waals surface area contributed by atoms with Crippen molar-refractivity contribution in [1.29, 1.82) is 0 Å². The first-order chi connectivity index (χ1) is 8.58. The zero-order chi connectivity index (χ0) is 12.8. The highest BCUT2D eigenvalue weighted by atomic mass is 16.5. The Balaban J connectivity index is 1.53. The van der Waals surface area contributed by atoms with Gasteiger partial charge in [0.25, 0.3) is 0 Å². The predicted molar refractivity (Wildman–Crippen MR) is 74.5 cm³/mol. The molecule has 102 valence electrons. The summed E-state index contributed by atoms with van der Waals surface area (Å²) in [5.74, 6) is 1.59. The van der Waals surface area contributed by atoms with E-state index in [1.807, 2.05) is 0 Å². The highest BCUT2D eigenvalue weighted by Gasteiger charge is 2.46. The van der Waals surface area contributed by atoms with E-state index in [4.69, 9.17) is 4.74 Å². The van der Waals surface area contributed by atoms with Crippen LogP contribution < -0.4 is 0 Å². The summed E-state index contributed by atoms with van der Waals surface area (Å²) in [5.41, 5.74) is 2.05. The minimum absolute atomic E-state index is 0.375. The van der Waals surface area contributed by atoms with Crippen LogP contribution in [0.5, 0.6) is 0 Å².